The molecule has 7 nitrogen and oxygen atoms in total. The van der Waals surface area contributed by atoms with Crippen molar-refractivity contribution >= 4 is 17.5 Å². The van der Waals surface area contributed by atoms with Crippen LogP contribution in [0.25, 0.3) is 0 Å². The second-order valence-electron chi connectivity index (χ2n) is 6.25. The van der Waals surface area contributed by atoms with Crippen LogP contribution in [0.2, 0.25) is 0 Å². The lowest BCUT2D eigenvalue weighted by atomic mass is 10.0. The summed E-state index contributed by atoms with van der Waals surface area (Å²) in [4.78, 5) is 26.3. The van der Waals surface area contributed by atoms with Gasteiger partial charge in [-0.15, -0.1) is 0 Å². The molecule has 2 N–H and O–H groups in total. The van der Waals surface area contributed by atoms with E-state index in [1.165, 1.54) is 0 Å². The summed E-state index contributed by atoms with van der Waals surface area (Å²) < 4.78 is 10.5. The first-order valence-electron chi connectivity index (χ1n) is 8.12. The van der Waals surface area contributed by atoms with E-state index in [0.29, 0.717) is 36.2 Å². The van der Waals surface area contributed by atoms with Crippen LogP contribution in [0.1, 0.15) is 6.42 Å². The molecule has 1 aromatic carbocycles. The zero-order chi connectivity index (χ0) is 17.1. The van der Waals surface area contributed by atoms with Crippen LogP contribution in [0.5, 0.6) is 11.5 Å². The van der Waals surface area contributed by atoms with Crippen LogP contribution in [0.15, 0.2) is 18.2 Å². The Kier molecular flexibility index (Phi) is 4.89. The Labute approximate surface area is 141 Å². The first-order chi connectivity index (χ1) is 11.6. The van der Waals surface area contributed by atoms with Crippen LogP contribution in [0.4, 0.5) is 5.69 Å². The third-order valence-electron chi connectivity index (χ3n) is 4.57. The van der Waals surface area contributed by atoms with Gasteiger partial charge in [0.1, 0.15) is 11.5 Å². The highest BCUT2D eigenvalue weighted by Gasteiger charge is 2.35. The van der Waals surface area contributed by atoms with E-state index < -0.39 is 0 Å². The molecule has 1 unspecified atom stereocenters. The van der Waals surface area contributed by atoms with Crippen LogP contribution < -0.4 is 25.0 Å². The van der Waals surface area contributed by atoms with Gasteiger partial charge in [0, 0.05) is 56.7 Å². The van der Waals surface area contributed by atoms with Gasteiger partial charge in [0.05, 0.1) is 25.8 Å². The van der Waals surface area contributed by atoms with E-state index in [2.05, 4.69) is 10.6 Å². The van der Waals surface area contributed by atoms with E-state index in [4.69, 9.17) is 9.47 Å². The van der Waals surface area contributed by atoms with Gasteiger partial charge < -0.3 is 25.0 Å². The second kappa shape index (κ2) is 7.09. The lowest BCUT2D eigenvalue weighted by Crippen LogP contribution is -2.49. The minimum Gasteiger partial charge on any atom is -0.497 e. The van der Waals surface area contributed by atoms with Crippen molar-refractivity contribution in [3.63, 3.8) is 0 Å². The average Bonchev–Trinajstić information content (AvgIpc) is 2.94. The standard InChI is InChI=1S/C17H23N3O4/c1-23-14-4-13(5-15(6-14)24-2)20-10-12(3-16(20)21)17(22)19-9-11-7-18-8-11/h4-6,11-12,18H,3,7-10H2,1-2H3,(H,19,22). The van der Waals surface area contributed by atoms with Crippen molar-refractivity contribution in [2.45, 2.75) is 6.42 Å². The molecule has 0 saturated carbocycles. The average molecular weight is 333 g/mol. The third kappa shape index (κ3) is 3.46. The number of nitrogens with one attached hydrogen (secondary N) is 2. The fraction of sp³-hybridized carbons (Fsp3) is 0.529. The van der Waals surface area contributed by atoms with Crippen LogP contribution in [-0.2, 0) is 9.59 Å². The molecule has 3 rings (SSSR count). The highest BCUT2D eigenvalue weighted by atomic mass is 16.5. The lowest BCUT2D eigenvalue weighted by molar-refractivity contribution is -0.126. The number of carbonyl (C=O) groups excluding carboxylic acids is 2. The molecule has 0 radical (unpaired) electrons. The van der Waals surface area contributed by atoms with Crippen molar-refractivity contribution in [2.24, 2.45) is 11.8 Å². The van der Waals surface area contributed by atoms with Crippen molar-refractivity contribution in [1.82, 2.24) is 10.6 Å². The normalized spacial score (nSPS) is 20.7. The molecule has 2 fully saturated rings. The second-order valence-corrected chi connectivity index (χ2v) is 6.25. The summed E-state index contributed by atoms with van der Waals surface area (Å²) in [6, 6.07) is 5.31. The van der Waals surface area contributed by atoms with Gasteiger partial charge in [-0.2, -0.15) is 0 Å². The molecule has 130 valence electrons. The molecule has 1 atom stereocenters. The molecule has 2 amide bonds. The van der Waals surface area contributed by atoms with E-state index in [0.717, 1.165) is 13.1 Å². The van der Waals surface area contributed by atoms with Crippen LogP contribution in [-0.4, -0.2) is 52.2 Å². The first-order valence-corrected chi connectivity index (χ1v) is 8.12. The predicted molar refractivity (Wildman–Crippen MR) is 89.4 cm³/mol. The number of benzene rings is 1. The van der Waals surface area contributed by atoms with Gasteiger partial charge in [-0.25, -0.2) is 0 Å². The van der Waals surface area contributed by atoms with Gasteiger partial charge in [-0.3, -0.25) is 9.59 Å². The smallest absolute Gasteiger partial charge is 0.227 e. The third-order valence-corrected chi connectivity index (χ3v) is 4.57. The molecular weight excluding hydrogens is 310 g/mol. The van der Waals surface area contributed by atoms with Gasteiger partial charge in [0.2, 0.25) is 11.8 Å². The van der Waals surface area contributed by atoms with Crippen molar-refractivity contribution in [1.29, 1.82) is 0 Å². The Morgan fingerprint density at radius 1 is 1.25 bits per heavy atom. The van der Waals surface area contributed by atoms with Gasteiger partial charge in [-0.1, -0.05) is 0 Å². The van der Waals surface area contributed by atoms with Gasteiger partial charge in [0.25, 0.3) is 0 Å². The van der Waals surface area contributed by atoms with E-state index in [1.807, 2.05) is 0 Å². The molecular formula is C17H23N3O4. The van der Waals surface area contributed by atoms with Crippen molar-refractivity contribution in [3.05, 3.63) is 18.2 Å². The molecule has 0 aliphatic carbocycles. The maximum Gasteiger partial charge on any atom is 0.227 e. The molecule has 2 saturated heterocycles. The van der Waals surface area contributed by atoms with Gasteiger partial charge in [0.15, 0.2) is 0 Å². The SMILES string of the molecule is COc1cc(OC)cc(N2CC(C(=O)NCC3CNC3)CC2=O)c1. The quantitative estimate of drug-likeness (QED) is 0.787. The van der Waals surface area contributed by atoms with E-state index in [-0.39, 0.29) is 24.2 Å². The number of anilines is 1. The maximum atomic E-state index is 12.3. The maximum absolute atomic E-state index is 12.3. The Balaban J connectivity index is 1.66. The Morgan fingerprint density at radius 2 is 1.92 bits per heavy atom. The summed E-state index contributed by atoms with van der Waals surface area (Å²) in [6.45, 7) is 2.94. The number of carbonyl (C=O) groups is 2. The topological polar surface area (TPSA) is 79.9 Å². The fourth-order valence-electron chi connectivity index (χ4n) is 2.96. The number of amides is 2. The fourth-order valence-corrected chi connectivity index (χ4v) is 2.96. The number of nitrogens with zero attached hydrogens (tertiary/aromatic N) is 1. The molecule has 2 aliphatic heterocycles. The Hall–Kier alpha value is -2.28. The summed E-state index contributed by atoms with van der Waals surface area (Å²) in [5, 5.41) is 6.13. The zero-order valence-corrected chi connectivity index (χ0v) is 14.0. The number of methoxy groups -OCH3 is 2. The summed E-state index contributed by atoms with van der Waals surface area (Å²) in [5.41, 5.74) is 0.690. The first kappa shape index (κ1) is 16.6. The molecule has 7 heteroatoms. The predicted octanol–water partition coefficient (Wildman–Crippen LogP) is 0.392. The Bertz CT molecular complexity index is 608. The highest BCUT2D eigenvalue weighted by molar-refractivity contribution is 6.00. The molecule has 0 bridgehead atoms. The minimum absolute atomic E-state index is 0.0485. The monoisotopic (exact) mass is 333 g/mol. The zero-order valence-electron chi connectivity index (χ0n) is 14.0. The van der Waals surface area contributed by atoms with Gasteiger partial charge >= 0.3 is 0 Å². The largest absolute Gasteiger partial charge is 0.497 e. The summed E-state index contributed by atoms with van der Waals surface area (Å²) >= 11 is 0. The molecule has 1 aromatic rings. The Morgan fingerprint density at radius 3 is 2.46 bits per heavy atom. The summed E-state index contributed by atoms with van der Waals surface area (Å²) in [5.74, 6) is 1.31. The van der Waals surface area contributed by atoms with Crippen molar-refractivity contribution in [3.8, 4) is 11.5 Å². The van der Waals surface area contributed by atoms with Gasteiger partial charge in [-0.05, 0) is 0 Å². The number of rotatable bonds is 6. The summed E-state index contributed by atoms with van der Waals surface area (Å²) in [7, 11) is 3.13. The summed E-state index contributed by atoms with van der Waals surface area (Å²) in [6.07, 6.45) is 0.230. The lowest BCUT2D eigenvalue weighted by Gasteiger charge is -2.27. The molecule has 0 spiro atoms. The molecule has 24 heavy (non-hydrogen) atoms. The van der Waals surface area contributed by atoms with E-state index in [1.54, 1.807) is 37.3 Å². The van der Waals surface area contributed by atoms with E-state index in [9.17, 15) is 9.59 Å². The number of hydrogen-bond donors (Lipinski definition) is 2. The van der Waals surface area contributed by atoms with E-state index >= 15 is 0 Å². The van der Waals surface area contributed by atoms with Crippen LogP contribution in [0.3, 0.4) is 0 Å². The van der Waals surface area contributed by atoms with Crippen molar-refractivity contribution < 1.29 is 19.1 Å². The number of hydrogen-bond acceptors (Lipinski definition) is 5. The molecule has 2 aliphatic rings. The van der Waals surface area contributed by atoms with Crippen molar-refractivity contribution in [2.75, 3.05) is 45.3 Å². The number of ether oxygens (including phenoxy) is 2. The molecule has 0 aromatic heterocycles. The van der Waals surface area contributed by atoms with Crippen LogP contribution >= 0.6 is 0 Å². The molecule has 2 heterocycles. The van der Waals surface area contributed by atoms with Crippen LogP contribution in [0, 0.1) is 11.8 Å². The highest BCUT2D eigenvalue weighted by Crippen LogP contribution is 2.32. The minimum atomic E-state index is -0.317.